The molecular weight excluding hydrogens is 558 g/mol. The lowest BCUT2D eigenvalue weighted by Gasteiger charge is -2.46. The van der Waals surface area contributed by atoms with Gasteiger partial charge in [-0.05, 0) is 66.8 Å². The Labute approximate surface area is 249 Å². The third kappa shape index (κ3) is 7.35. The lowest BCUT2D eigenvalue weighted by molar-refractivity contribution is -0.139. The third-order valence-corrected chi connectivity index (χ3v) is 8.56. The van der Waals surface area contributed by atoms with E-state index in [-0.39, 0.29) is 24.3 Å². The molecule has 3 aromatic rings. The number of hydrogen-bond acceptors (Lipinski definition) is 4. The van der Waals surface area contributed by atoms with Crippen LogP contribution >= 0.6 is 0 Å². The number of alkyl halides is 3. The minimum absolute atomic E-state index is 0.148. The molecule has 2 fully saturated rings. The monoisotopic (exact) mass is 593 g/mol. The number of nitrogens with zero attached hydrogens (tertiary/aromatic N) is 3. The van der Waals surface area contributed by atoms with E-state index in [9.17, 15) is 27.6 Å². The number of halogens is 4. The van der Waals surface area contributed by atoms with Crippen molar-refractivity contribution in [2.45, 2.75) is 56.9 Å². The van der Waals surface area contributed by atoms with E-state index in [1.165, 1.54) is 25.7 Å². The highest BCUT2D eigenvalue weighted by atomic mass is 19.4. The number of urea groups is 1. The summed E-state index contributed by atoms with van der Waals surface area (Å²) in [5, 5.41) is 14.5. The SMILES string of the molecule is C[C@H]1CN(C2CCCC2)CCN1[C@@H](CNC(=O)Nc1ccc(F)c(C(F)(F)F)c1)c1ccc(-c2cccc(C#N)c2)cc1. The number of nitriles is 1. The summed E-state index contributed by atoms with van der Waals surface area (Å²) < 4.78 is 53.2. The van der Waals surface area contributed by atoms with Crippen LogP contribution in [0.15, 0.2) is 66.7 Å². The van der Waals surface area contributed by atoms with Crippen molar-refractivity contribution in [2.75, 3.05) is 31.5 Å². The zero-order valence-corrected chi connectivity index (χ0v) is 24.0. The average Bonchev–Trinajstić information content (AvgIpc) is 3.54. The summed E-state index contributed by atoms with van der Waals surface area (Å²) in [6.07, 6.45) is 0.117. The highest BCUT2D eigenvalue weighted by Gasteiger charge is 2.35. The van der Waals surface area contributed by atoms with Crippen molar-refractivity contribution >= 4 is 11.7 Å². The third-order valence-electron chi connectivity index (χ3n) is 8.56. The number of piperazine rings is 1. The van der Waals surface area contributed by atoms with Gasteiger partial charge in [0, 0.05) is 44.0 Å². The maximum Gasteiger partial charge on any atom is 0.419 e. The largest absolute Gasteiger partial charge is 0.419 e. The van der Waals surface area contributed by atoms with E-state index in [2.05, 4.69) is 33.4 Å². The molecule has 2 atom stereocenters. The molecule has 1 aliphatic heterocycles. The van der Waals surface area contributed by atoms with Gasteiger partial charge in [0.2, 0.25) is 0 Å². The summed E-state index contributed by atoms with van der Waals surface area (Å²) in [6, 6.07) is 19.9. The van der Waals surface area contributed by atoms with Crippen LogP contribution in [-0.4, -0.2) is 54.1 Å². The molecule has 2 N–H and O–H groups in total. The quantitative estimate of drug-likeness (QED) is 0.285. The number of hydrogen-bond donors (Lipinski definition) is 2. The number of amides is 2. The molecular formula is C33H35F4N5O. The maximum absolute atomic E-state index is 13.7. The van der Waals surface area contributed by atoms with Crippen LogP contribution in [0.3, 0.4) is 0 Å². The molecule has 43 heavy (non-hydrogen) atoms. The van der Waals surface area contributed by atoms with Crippen LogP contribution in [0.2, 0.25) is 0 Å². The molecule has 3 aromatic carbocycles. The Hall–Kier alpha value is -3.94. The van der Waals surface area contributed by atoms with E-state index in [4.69, 9.17) is 0 Å². The standard InChI is InChI=1S/C33H35F4N5O/c1-22-21-41(28-7-2-3-8-28)15-16-42(22)31(25-11-9-24(10-12-25)26-6-4-5-23(17-26)19-38)20-39-32(43)40-27-13-14-30(34)29(18-27)33(35,36)37/h4-6,9-14,17-18,22,28,31H,2-3,7-8,15-16,20-21H2,1H3,(H2,39,40,43)/t22-,31-/m0/s1. The van der Waals surface area contributed by atoms with Crippen molar-refractivity contribution in [1.29, 1.82) is 5.26 Å². The number of rotatable bonds is 7. The number of anilines is 1. The molecule has 6 nitrogen and oxygen atoms in total. The molecule has 1 saturated carbocycles. The maximum atomic E-state index is 13.7. The van der Waals surface area contributed by atoms with Gasteiger partial charge in [0.25, 0.3) is 0 Å². The van der Waals surface area contributed by atoms with Gasteiger partial charge < -0.3 is 10.6 Å². The molecule has 5 rings (SSSR count). The Morgan fingerprint density at radius 1 is 1.02 bits per heavy atom. The molecule has 1 aliphatic carbocycles. The predicted octanol–water partition coefficient (Wildman–Crippen LogP) is 7.19. The molecule has 2 aliphatic rings. The Kier molecular flexibility index (Phi) is 9.33. The first kappa shape index (κ1) is 30.5. The van der Waals surface area contributed by atoms with Crippen LogP contribution in [0.1, 0.15) is 55.3 Å². The van der Waals surface area contributed by atoms with Gasteiger partial charge in [0.15, 0.2) is 0 Å². The first-order valence-electron chi connectivity index (χ1n) is 14.6. The Morgan fingerprint density at radius 2 is 1.77 bits per heavy atom. The van der Waals surface area contributed by atoms with Crippen molar-refractivity contribution in [1.82, 2.24) is 15.1 Å². The molecule has 226 valence electrons. The molecule has 2 amide bonds. The Bertz CT molecular complexity index is 1460. The van der Waals surface area contributed by atoms with Gasteiger partial charge in [-0.25, -0.2) is 9.18 Å². The summed E-state index contributed by atoms with van der Waals surface area (Å²) in [7, 11) is 0. The normalized spacial score (nSPS) is 19.1. The summed E-state index contributed by atoms with van der Waals surface area (Å²) in [4.78, 5) is 17.8. The molecule has 0 unspecified atom stereocenters. The lowest BCUT2D eigenvalue weighted by atomic mass is 9.97. The highest BCUT2D eigenvalue weighted by molar-refractivity contribution is 5.89. The average molecular weight is 594 g/mol. The number of carbonyl (C=O) groups excluding carboxylic acids is 1. The highest BCUT2D eigenvalue weighted by Crippen LogP contribution is 2.34. The van der Waals surface area contributed by atoms with Crippen molar-refractivity contribution in [3.05, 3.63) is 89.2 Å². The topological polar surface area (TPSA) is 71.4 Å². The van der Waals surface area contributed by atoms with E-state index >= 15 is 0 Å². The van der Waals surface area contributed by atoms with Crippen LogP contribution < -0.4 is 10.6 Å². The van der Waals surface area contributed by atoms with E-state index in [0.717, 1.165) is 42.4 Å². The summed E-state index contributed by atoms with van der Waals surface area (Å²) in [5.41, 5.74) is 1.87. The first-order chi connectivity index (χ1) is 20.6. The van der Waals surface area contributed by atoms with E-state index in [0.29, 0.717) is 23.7 Å². The minimum atomic E-state index is -4.87. The van der Waals surface area contributed by atoms with E-state index < -0.39 is 23.6 Å². The van der Waals surface area contributed by atoms with Gasteiger partial charge in [-0.3, -0.25) is 9.80 Å². The molecule has 10 heteroatoms. The van der Waals surface area contributed by atoms with Crippen LogP contribution in [0.25, 0.3) is 11.1 Å². The Morgan fingerprint density at radius 3 is 2.44 bits per heavy atom. The van der Waals surface area contributed by atoms with Gasteiger partial charge in [0.1, 0.15) is 5.82 Å². The second kappa shape index (κ2) is 13.1. The zero-order valence-electron chi connectivity index (χ0n) is 24.0. The first-order valence-corrected chi connectivity index (χ1v) is 14.6. The van der Waals surface area contributed by atoms with Gasteiger partial charge in [-0.1, -0.05) is 49.2 Å². The van der Waals surface area contributed by atoms with E-state index in [1.54, 1.807) is 6.07 Å². The number of nitrogens with one attached hydrogen (secondary N) is 2. The molecule has 1 heterocycles. The summed E-state index contributed by atoms with van der Waals surface area (Å²) >= 11 is 0. The van der Waals surface area contributed by atoms with Crippen LogP contribution in [0.4, 0.5) is 28.0 Å². The summed E-state index contributed by atoms with van der Waals surface area (Å²) in [6.45, 7) is 5.06. The van der Waals surface area contributed by atoms with Gasteiger partial charge >= 0.3 is 12.2 Å². The second-order valence-electron chi connectivity index (χ2n) is 11.4. The van der Waals surface area contributed by atoms with Crippen molar-refractivity contribution < 1.29 is 22.4 Å². The van der Waals surface area contributed by atoms with E-state index in [1.807, 2.05) is 42.5 Å². The second-order valence-corrected chi connectivity index (χ2v) is 11.4. The fourth-order valence-electron chi connectivity index (χ4n) is 6.34. The predicted molar refractivity (Wildman–Crippen MR) is 158 cm³/mol. The molecule has 0 radical (unpaired) electrons. The summed E-state index contributed by atoms with van der Waals surface area (Å²) in [5.74, 6) is -1.40. The fourth-order valence-corrected chi connectivity index (χ4v) is 6.34. The van der Waals surface area contributed by atoms with Gasteiger partial charge in [-0.15, -0.1) is 0 Å². The van der Waals surface area contributed by atoms with Gasteiger partial charge in [0.05, 0.1) is 23.2 Å². The molecule has 0 aromatic heterocycles. The molecule has 0 bridgehead atoms. The van der Waals surface area contributed by atoms with Crippen molar-refractivity contribution in [2.24, 2.45) is 0 Å². The van der Waals surface area contributed by atoms with Crippen LogP contribution in [-0.2, 0) is 6.18 Å². The van der Waals surface area contributed by atoms with Crippen molar-refractivity contribution in [3.8, 4) is 17.2 Å². The van der Waals surface area contributed by atoms with Crippen LogP contribution in [0, 0.1) is 17.1 Å². The van der Waals surface area contributed by atoms with Gasteiger partial charge in [-0.2, -0.15) is 18.4 Å². The smallest absolute Gasteiger partial charge is 0.336 e. The number of carbonyl (C=O) groups is 1. The fraction of sp³-hybridized carbons (Fsp3) is 0.394. The zero-order chi connectivity index (χ0) is 30.6. The van der Waals surface area contributed by atoms with Crippen molar-refractivity contribution in [3.63, 3.8) is 0 Å². The lowest BCUT2D eigenvalue weighted by Crippen LogP contribution is -2.56. The minimum Gasteiger partial charge on any atom is -0.336 e. The van der Waals surface area contributed by atoms with Crippen LogP contribution in [0.5, 0.6) is 0 Å². The number of benzene rings is 3. The Balaban J connectivity index is 1.33. The molecule has 0 spiro atoms. The molecule has 1 saturated heterocycles.